The number of nitrogens with one attached hydrogen (secondary N) is 1. The lowest BCUT2D eigenvalue weighted by Gasteiger charge is -2.14. The predicted octanol–water partition coefficient (Wildman–Crippen LogP) is 4.17. The summed E-state index contributed by atoms with van der Waals surface area (Å²) in [4.78, 5) is 36.5. The second kappa shape index (κ2) is 9.11. The minimum absolute atomic E-state index is 0. The van der Waals surface area contributed by atoms with Gasteiger partial charge in [0.15, 0.2) is 0 Å². The van der Waals surface area contributed by atoms with Crippen LogP contribution in [0.3, 0.4) is 0 Å². The minimum atomic E-state index is -0.773. The van der Waals surface area contributed by atoms with Crippen molar-refractivity contribution >= 4 is 51.5 Å². The molecule has 0 fully saturated rings. The molecule has 0 unspecified atom stereocenters. The van der Waals surface area contributed by atoms with Gasteiger partial charge in [-0.05, 0) is 42.8 Å². The largest absolute Gasteiger partial charge is 0.368 e. The molecule has 3 N–H and O–H groups in total. The first-order valence-electron chi connectivity index (χ1n) is 8.45. The van der Waals surface area contributed by atoms with E-state index in [4.69, 9.17) is 28.9 Å². The zero-order valence-electron chi connectivity index (χ0n) is 14.9. The van der Waals surface area contributed by atoms with Gasteiger partial charge in [-0.2, -0.15) is 0 Å². The van der Waals surface area contributed by atoms with Gasteiger partial charge in [-0.3, -0.25) is 14.4 Å². The van der Waals surface area contributed by atoms with E-state index in [0.29, 0.717) is 32.1 Å². The Hall–Kier alpha value is -2.83. The van der Waals surface area contributed by atoms with Crippen molar-refractivity contribution in [2.45, 2.75) is 26.8 Å². The fourth-order valence-corrected chi connectivity index (χ4v) is 3.19. The van der Waals surface area contributed by atoms with Crippen LogP contribution in [0.1, 0.15) is 26.0 Å². The highest BCUT2D eigenvalue weighted by atomic mass is 35.5. The average Bonchev–Trinajstić information content (AvgIpc) is 2.65. The molecular formula is C21H21Cl2N3O3. The number of anilines is 1. The van der Waals surface area contributed by atoms with Crippen molar-refractivity contribution in [3.8, 4) is 0 Å². The second-order valence-electron chi connectivity index (χ2n) is 6.35. The highest BCUT2D eigenvalue weighted by Crippen LogP contribution is 2.24. The lowest BCUT2D eigenvalue weighted by Crippen LogP contribution is -2.31. The smallest absolute Gasteiger partial charge is 0.259 e. The maximum absolute atomic E-state index is 12.7. The molecule has 0 bridgehead atoms. The summed E-state index contributed by atoms with van der Waals surface area (Å²) in [6, 6.07) is 10.9. The highest BCUT2D eigenvalue weighted by molar-refractivity contribution is 6.42. The molecule has 2 amide bonds. The summed E-state index contributed by atoms with van der Waals surface area (Å²) in [5, 5.41) is 4.56. The summed E-state index contributed by atoms with van der Waals surface area (Å²) in [5.74, 6) is -0.867. The van der Waals surface area contributed by atoms with Crippen molar-refractivity contribution in [3.63, 3.8) is 0 Å². The average molecular weight is 434 g/mol. The van der Waals surface area contributed by atoms with Crippen LogP contribution in [0.5, 0.6) is 0 Å². The number of carbonyl (C=O) groups is 2. The summed E-state index contributed by atoms with van der Waals surface area (Å²) >= 11 is 11.9. The fraction of sp³-hybridized carbons (Fsp3) is 0.190. The number of hydrogen-bond donors (Lipinski definition) is 2. The van der Waals surface area contributed by atoms with Crippen LogP contribution in [-0.4, -0.2) is 16.4 Å². The van der Waals surface area contributed by atoms with Crippen LogP contribution in [0, 0.1) is 0 Å². The van der Waals surface area contributed by atoms with E-state index in [2.05, 4.69) is 5.32 Å². The Morgan fingerprint density at radius 3 is 2.48 bits per heavy atom. The van der Waals surface area contributed by atoms with E-state index in [1.54, 1.807) is 49.4 Å². The number of nitrogens with two attached hydrogens (primary N) is 1. The van der Waals surface area contributed by atoms with Crippen LogP contribution >= 0.6 is 23.2 Å². The van der Waals surface area contributed by atoms with Gasteiger partial charge >= 0.3 is 0 Å². The molecule has 0 aliphatic heterocycles. The number of carbonyl (C=O) groups excluding carboxylic acids is 2. The maximum atomic E-state index is 12.7. The van der Waals surface area contributed by atoms with Gasteiger partial charge in [0.05, 0.1) is 16.5 Å². The van der Waals surface area contributed by atoms with Crippen LogP contribution in [0.2, 0.25) is 10.0 Å². The first-order valence-corrected chi connectivity index (χ1v) is 9.20. The number of primary amides is 1. The number of pyridine rings is 1. The van der Waals surface area contributed by atoms with Crippen molar-refractivity contribution in [1.29, 1.82) is 0 Å². The Kier molecular flexibility index (Phi) is 7.06. The number of nitrogens with zero attached hydrogens (tertiary/aromatic N) is 1. The Balaban J connectivity index is 0.00000300. The third-order valence-corrected chi connectivity index (χ3v) is 5.16. The van der Waals surface area contributed by atoms with Gasteiger partial charge in [0, 0.05) is 22.7 Å². The highest BCUT2D eigenvalue weighted by Gasteiger charge is 2.15. The summed E-state index contributed by atoms with van der Waals surface area (Å²) in [7, 11) is 0. The van der Waals surface area contributed by atoms with Gasteiger partial charge in [-0.15, -0.1) is 0 Å². The van der Waals surface area contributed by atoms with Crippen molar-refractivity contribution in [2.75, 3.05) is 5.32 Å². The van der Waals surface area contributed by atoms with Gasteiger partial charge in [0.2, 0.25) is 11.8 Å². The zero-order valence-corrected chi connectivity index (χ0v) is 16.4. The maximum Gasteiger partial charge on any atom is 0.259 e. The molecule has 0 radical (unpaired) electrons. The van der Waals surface area contributed by atoms with Crippen molar-refractivity contribution < 1.29 is 9.59 Å². The molecule has 3 rings (SSSR count). The molecule has 1 heterocycles. The lowest BCUT2D eigenvalue weighted by molar-refractivity contribution is -0.120. The molecule has 0 saturated heterocycles. The molecule has 2 aromatic carbocycles. The van der Waals surface area contributed by atoms with Crippen LogP contribution in [-0.2, 0) is 16.0 Å². The fourth-order valence-electron chi connectivity index (χ4n) is 2.87. The number of fused-ring (bicyclic) bond motifs is 1. The molecule has 3 aromatic rings. The number of rotatable bonds is 5. The van der Waals surface area contributed by atoms with E-state index in [-0.39, 0.29) is 25.3 Å². The summed E-state index contributed by atoms with van der Waals surface area (Å²) in [6.07, 6.45) is 1.60. The molecule has 0 aliphatic rings. The van der Waals surface area contributed by atoms with Crippen LogP contribution in [0.15, 0.2) is 53.5 Å². The molecule has 6 nitrogen and oxygen atoms in total. The number of hydrogen-bond acceptors (Lipinski definition) is 3. The van der Waals surface area contributed by atoms with Gasteiger partial charge in [0.1, 0.15) is 6.04 Å². The molecule has 8 heteroatoms. The van der Waals surface area contributed by atoms with Gasteiger partial charge in [-0.25, -0.2) is 0 Å². The number of amides is 2. The first-order chi connectivity index (χ1) is 13.3. The molecular weight excluding hydrogens is 413 g/mol. The Labute approximate surface area is 178 Å². The van der Waals surface area contributed by atoms with E-state index >= 15 is 0 Å². The summed E-state index contributed by atoms with van der Waals surface area (Å²) in [5.41, 5.74) is 6.15. The van der Waals surface area contributed by atoms with E-state index in [0.717, 1.165) is 0 Å². The van der Waals surface area contributed by atoms with Gasteiger partial charge in [-0.1, -0.05) is 42.8 Å². The quantitative estimate of drug-likeness (QED) is 0.631. The number of halogens is 2. The molecule has 1 aromatic heterocycles. The SMILES string of the molecule is C.C[C@@H](C(N)=O)n1ccc2c(NC(=O)Cc3ccc(Cl)c(Cl)c3)cccc2c1=O. The first kappa shape index (κ1) is 22.5. The standard InChI is InChI=1S/C20H17Cl2N3O3.CH4/c1-11(19(23)27)25-8-7-13-14(20(25)28)3-2-4-17(13)24-18(26)10-12-5-6-15(21)16(22)9-12;/h2-9,11H,10H2,1H3,(H2,23,27)(H,24,26);1H4/t11-;/m0./s1. The van der Waals surface area contributed by atoms with Crippen LogP contribution in [0.25, 0.3) is 10.8 Å². The van der Waals surface area contributed by atoms with E-state index in [1.165, 1.54) is 10.8 Å². The van der Waals surface area contributed by atoms with Gasteiger partial charge in [0.25, 0.3) is 5.56 Å². The lowest BCUT2D eigenvalue weighted by atomic mass is 10.1. The third kappa shape index (κ3) is 4.78. The van der Waals surface area contributed by atoms with Crippen molar-refractivity contribution in [3.05, 3.63) is 74.6 Å². The summed E-state index contributed by atoms with van der Waals surface area (Å²) in [6.45, 7) is 1.55. The monoisotopic (exact) mass is 433 g/mol. The third-order valence-electron chi connectivity index (χ3n) is 4.42. The molecule has 29 heavy (non-hydrogen) atoms. The number of aromatic nitrogens is 1. The topological polar surface area (TPSA) is 94.2 Å². The van der Waals surface area contributed by atoms with E-state index < -0.39 is 11.9 Å². The number of benzene rings is 2. The molecule has 0 saturated carbocycles. The Morgan fingerprint density at radius 1 is 1.10 bits per heavy atom. The second-order valence-corrected chi connectivity index (χ2v) is 7.16. The van der Waals surface area contributed by atoms with E-state index in [9.17, 15) is 14.4 Å². The molecule has 152 valence electrons. The predicted molar refractivity (Wildman–Crippen MR) is 118 cm³/mol. The van der Waals surface area contributed by atoms with Crippen LogP contribution < -0.4 is 16.6 Å². The Bertz CT molecular complexity index is 1140. The molecule has 1 atom stereocenters. The van der Waals surface area contributed by atoms with Crippen LogP contribution in [0.4, 0.5) is 5.69 Å². The van der Waals surface area contributed by atoms with Crippen molar-refractivity contribution in [1.82, 2.24) is 4.57 Å². The zero-order chi connectivity index (χ0) is 20.4. The molecule has 0 spiro atoms. The summed E-state index contributed by atoms with van der Waals surface area (Å²) < 4.78 is 1.27. The Morgan fingerprint density at radius 2 is 1.83 bits per heavy atom. The van der Waals surface area contributed by atoms with E-state index in [1.807, 2.05) is 0 Å². The van der Waals surface area contributed by atoms with Gasteiger partial charge < -0.3 is 15.6 Å². The minimum Gasteiger partial charge on any atom is -0.368 e. The van der Waals surface area contributed by atoms with Crippen molar-refractivity contribution in [2.24, 2.45) is 5.73 Å². The molecule has 0 aliphatic carbocycles. The normalized spacial score (nSPS) is 11.6.